The van der Waals surface area contributed by atoms with E-state index >= 15 is 0 Å². The Hall–Kier alpha value is -2.50. The van der Waals surface area contributed by atoms with Crippen molar-refractivity contribution < 1.29 is 9.32 Å². The van der Waals surface area contributed by atoms with Crippen LogP contribution in [0.4, 0.5) is 11.4 Å². The van der Waals surface area contributed by atoms with Crippen molar-refractivity contribution in [1.82, 2.24) is 5.16 Å². The van der Waals surface area contributed by atoms with Crippen LogP contribution in [0.3, 0.4) is 0 Å². The highest BCUT2D eigenvalue weighted by Crippen LogP contribution is 2.37. The highest BCUT2D eigenvalue weighted by atomic mass is 35.5. The summed E-state index contributed by atoms with van der Waals surface area (Å²) in [6.45, 7) is 1.67. The Morgan fingerprint density at radius 2 is 1.69 bits per heavy atom. The lowest BCUT2D eigenvalue weighted by molar-refractivity contribution is 0.102. The molecule has 7 heteroatoms. The van der Waals surface area contributed by atoms with Crippen LogP contribution in [-0.4, -0.2) is 25.2 Å². The van der Waals surface area contributed by atoms with E-state index in [1.807, 2.05) is 43.3 Å². The van der Waals surface area contributed by atoms with E-state index < -0.39 is 0 Å². The quantitative estimate of drug-likeness (QED) is 0.659. The molecule has 5 nitrogen and oxygen atoms in total. The van der Waals surface area contributed by atoms with Crippen LogP contribution in [0.5, 0.6) is 0 Å². The molecular formula is C19H17Cl2N3O2. The number of hydrogen-bond donors (Lipinski definition) is 1. The first-order chi connectivity index (χ1) is 12.4. The van der Waals surface area contributed by atoms with E-state index in [1.165, 1.54) is 0 Å². The zero-order valence-corrected chi connectivity index (χ0v) is 16.0. The Morgan fingerprint density at radius 3 is 2.27 bits per heavy atom. The van der Waals surface area contributed by atoms with Crippen molar-refractivity contribution in [2.45, 2.75) is 6.92 Å². The second-order valence-electron chi connectivity index (χ2n) is 5.95. The van der Waals surface area contributed by atoms with Crippen molar-refractivity contribution >= 4 is 40.5 Å². The molecule has 0 aliphatic heterocycles. The number of benzene rings is 2. The van der Waals surface area contributed by atoms with Crippen molar-refractivity contribution in [3.63, 3.8) is 0 Å². The Labute approximate surface area is 161 Å². The van der Waals surface area contributed by atoms with E-state index in [0.717, 1.165) is 5.69 Å². The van der Waals surface area contributed by atoms with Crippen LogP contribution in [-0.2, 0) is 0 Å². The van der Waals surface area contributed by atoms with E-state index in [-0.39, 0.29) is 5.91 Å². The summed E-state index contributed by atoms with van der Waals surface area (Å²) >= 11 is 12.5. The van der Waals surface area contributed by atoms with E-state index in [9.17, 15) is 4.79 Å². The zero-order valence-electron chi connectivity index (χ0n) is 14.5. The van der Waals surface area contributed by atoms with Gasteiger partial charge in [-0.2, -0.15) is 0 Å². The fourth-order valence-corrected chi connectivity index (χ4v) is 3.15. The number of aryl methyl sites for hydroxylation is 1. The number of carbonyl (C=O) groups excluding carboxylic acids is 1. The highest BCUT2D eigenvalue weighted by molar-refractivity contribution is 6.39. The van der Waals surface area contributed by atoms with Gasteiger partial charge in [-0.3, -0.25) is 4.79 Å². The van der Waals surface area contributed by atoms with Crippen LogP contribution in [0.1, 0.15) is 16.1 Å². The summed E-state index contributed by atoms with van der Waals surface area (Å²) in [4.78, 5) is 14.8. The average Bonchev–Trinajstić information content (AvgIpc) is 2.96. The van der Waals surface area contributed by atoms with Crippen LogP contribution in [0.15, 0.2) is 47.0 Å². The van der Waals surface area contributed by atoms with E-state index in [2.05, 4.69) is 10.5 Å². The second-order valence-corrected chi connectivity index (χ2v) is 6.77. The van der Waals surface area contributed by atoms with E-state index in [4.69, 9.17) is 27.7 Å². The zero-order chi connectivity index (χ0) is 18.8. The predicted octanol–water partition coefficient (Wildman–Crippen LogP) is 5.28. The van der Waals surface area contributed by atoms with Crippen molar-refractivity contribution in [2.24, 2.45) is 0 Å². The van der Waals surface area contributed by atoms with Gasteiger partial charge in [-0.05, 0) is 43.3 Å². The van der Waals surface area contributed by atoms with Gasteiger partial charge in [0.2, 0.25) is 0 Å². The molecular weight excluding hydrogens is 373 g/mol. The molecule has 0 saturated heterocycles. The molecule has 1 N–H and O–H groups in total. The summed E-state index contributed by atoms with van der Waals surface area (Å²) in [5.41, 5.74) is 2.79. The van der Waals surface area contributed by atoms with E-state index in [1.54, 1.807) is 25.1 Å². The standard InChI is InChI=1S/C19H17Cl2N3O2/c1-11-16(18(23-26-11)17-14(20)5-4-6-15(17)21)19(25)22-12-7-9-13(10-8-12)24(2)3/h4-10H,1-3H3,(H,22,25). The molecule has 0 saturated carbocycles. The number of rotatable bonds is 4. The first-order valence-electron chi connectivity index (χ1n) is 7.88. The maximum Gasteiger partial charge on any atom is 0.261 e. The van der Waals surface area contributed by atoms with Gasteiger partial charge >= 0.3 is 0 Å². The SMILES string of the molecule is Cc1onc(-c2c(Cl)cccc2Cl)c1C(=O)Nc1ccc(N(C)C)cc1. The normalized spacial score (nSPS) is 10.7. The van der Waals surface area contributed by atoms with Crippen molar-refractivity contribution in [2.75, 3.05) is 24.3 Å². The Kier molecular flexibility index (Phi) is 5.20. The number of nitrogens with one attached hydrogen (secondary N) is 1. The minimum Gasteiger partial charge on any atom is -0.378 e. The van der Waals surface area contributed by atoms with Gasteiger partial charge in [0, 0.05) is 31.0 Å². The number of aromatic nitrogens is 1. The summed E-state index contributed by atoms with van der Waals surface area (Å²) < 4.78 is 5.23. The molecule has 0 aliphatic carbocycles. The lowest BCUT2D eigenvalue weighted by atomic mass is 10.1. The Morgan fingerprint density at radius 1 is 1.08 bits per heavy atom. The molecule has 0 unspecified atom stereocenters. The third-order valence-electron chi connectivity index (χ3n) is 3.93. The molecule has 0 radical (unpaired) electrons. The number of amides is 1. The smallest absolute Gasteiger partial charge is 0.261 e. The first kappa shape index (κ1) is 18.3. The van der Waals surface area contributed by atoms with Crippen molar-refractivity contribution in [3.05, 3.63) is 63.8 Å². The molecule has 1 amide bonds. The molecule has 0 bridgehead atoms. The largest absolute Gasteiger partial charge is 0.378 e. The number of halogens is 2. The van der Waals surface area contributed by atoms with Gasteiger partial charge in [-0.1, -0.05) is 34.4 Å². The van der Waals surface area contributed by atoms with Crippen LogP contribution in [0.25, 0.3) is 11.3 Å². The maximum absolute atomic E-state index is 12.8. The molecule has 2 aromatic carbocycles. The number of nitrogens with zero attached hydrogens (tertiary/aromatic N) is 2. The lowest BCUT2D eigenvalue weighted by Crippen LogP contribution is -2.14. The minimum atomic E-state index is -0.340. The summed E-state index contributed by atoms with van der Waals surface area (Å²) in [7, 11) is 3.90. The highest BCUT2D eigenvalue weighted by Gasteiger charge is 2.24. The van der Waals surface area contributed by atoms with Gasteiger partial charge in [0.25, 0.3) is 5.91 Å². The monoisotopic (exact) mass is 389 g/mol. The van der Waals surface area contributed by atoms with Crippen molar-refractivity contribution in [3.8, 4) is 11.3 Å². The van der Waals surface area contributed by atoms with E-state index in [0.29, 0.717) is 38.3 Å². The van der Waals surface area contributed by atoms with Gasteiger partial charge in [-0.15, -0.1) is 0 Å². The summed E-state index contributed by atoms with van der Waals surface area (Å²) in [5, 5.41) is 7.65. The van der Waals surface area contributed by atoms with Gasteiger partial charge in [0.15, 0.2) is 0 Å². The number of carbonyl (C=O) groups is 1. The fraction of sp³-hybridized carbons (Fsp3) is 0.158. The van der Waals surface area contributed by atoms with Gasteiger partial charge < -0.3 is 14.7 Å². The topological polar surface area (TPSA) is 58.4 Å². The summed E-state index contributed by atoms with van der Waals surface area (Å²) in [5.74, 6) is 0.0470. The molecule has 3 aromatic rings. The molecule has 0 atom stereocenters. The molecule has 1 aromatic heterocycles. The Balaban J connectivity index is 1.95. The average molecular weight is 390 g/mol. The summed E-state index contributed by atoms with van der Waals surface area (Å²) in [6, 6.07) is 12.6. The molecule has 0 fully saturated rings. The minimum absolute atomic E-state index is 0.302. The predicted molar refractivity (Wildman–Crippen MR) is 105 cm³/mol. The van der Waals surface area contributed by atoms with Crippen LogP contribution in [0, 0.1) is 6.92 Å². The molecule has 26 heavy (non-hydrogen) atoms. The fourth-order valence-electron chi connectivity index (χ4n) is 2.57. The maximum atomic E-state index is 12.8. The third kappa shape index (κ3) is 3.54. The van der Waals surface area contributed by atoms with Gasteiger partial charge in [0.05, 0.1) is 10.0 Å². The van der Waals surface area contributed by atoms with Crippen LogP contribution in [0.2, 0.25) is 10.0 Å². The molecule has 0 aliphatic rings. The van der Waals surface area contributed by atoms with Crippen LogP contribution < -0.4 is 10.2 Å². The number of anilines is 2. The third-order valence-corrected chi connectivity index (χ3v) is 4.56. The van der Waals surface area contributed by atoms with Crippen molar-refractivity contribution in [1.29, 1.82) is 0 Å². The van der Waals surface area contributed by atoms with Gasteiger partial charge in [0.1, 0.15) is 17.0 Å². The second kappa shape index (κ2) is 7.40. The van der Waals surface area contributed by atoms with Gasteiger partial charge in [-0.25, -0.2) is 0 Å². The van der Waals surface area contributed by atoms with Crippen LogP contribution >= 0.6 is 23.2 Å². The number of hydrogen-bond acceptors (Lipinski definition) is 4. The summed E-state index contributed by atoms with van der Waals surface area (Å²) in [6.07, 6.45) is 0. The molecule has 0 spiro atoms. The molecule has 1 heterocycles. The lowest BCUT2D eigenvalue weighted by Gasteiger charge is -2.13. The Bertz CT molecular complexity index is 930. The molecule has 134 valence electrons. The first-order valence-corrected chi connectivity index (χ1v) is 8.63. The molecule has 3 rings (SSSR count).